The molecule has 2 aliphatic heterocycles. The Labute approximate surface area is 130 Å². The number of rotatable bonds is 0. The van der Waals surface area contributed by atoms with Gasteiger partial charge in [0.15, 0.2) is 0 Å². The summed E-state index contributed by atoms with van der Waals surface area (Å²) in [6, 6.07) is 15.5. The van der Waals surface area contributed by atoms with Crippen LogP contribution in [0.2, 0.25) is 5.02 Å². The number of anilines is 1. The highest BCUT2D eigenvalue weighted by atomic mass is 35.5. The van der Waals surface area contributed by atoms with Crippen molar-refractivity contribution in [3.05, 3.63) is 64.2 Å². The number of fused-ring (bicyclic) bond motifs is 5. The van der Waals surface area contributed by atoms with Gasteiger partial charge in [0, 0.05) is 37.4 Å². The Kier molecular flexibility index (Phi) is 3.16. The normalized spacial score (nSPS) is 21.2. The van der Waals surface area contributed by atoms with Crippen molar-refractivity contribution in [3.8, 4) is 0 Å². The molecule has 3 heteroatoms. The molecule has 0 aromatic heterocycles. The van der Waals surface area contributed by atoms with Gasteiger partial charge in [-0.05, 0) is 41.3 Å². The number of benzene rings is 2. The highest BCUT2D eigenvalue weighted by Gasteiger charge is 2.32. The summed E-state index contributed by atoms with van der Waals surface area (Å²) in [6.07, 6.45) is 1.15. The first-order valence-corrected chi connectivity index (χ1v) is 7.94. The van der Waals surface area contributed by atoms with E-state index in [1.165, 1.54) is 22.4 Å². The predicted octanol–water partition coefficient (Wildman–Crippen LogP) is 3.74. The second-order valence-electron chi connectivity index (χ2n) is 6.01. The van der Waals surface area contributed by atoms with E-state index in [0.717, 1.165) is 31.1 Å². The van der Waals surface area contributed by atoms with Gasteiger partial charge in [-0.2, -0.15) is 0 Å². The van der Waals surface area contributed by atoms with E-state index in [2.05, 4.69) is 53.2 Å². The van der Waals surface area contributed by atoms with Crippen molar-refractivity contribution in [1.29, 1.82) is 0 Å². The molecular weight excluding hydrogens is 280 g/mol. The molecule has 108 valence electrons. The molecule has 0 fully saturated rings. The van der Waals surface area contributed by atoms with Crippen LogP contribution in [0, 0.1) is 0 Å². The fourth-order valence-electron chi connectivity index (χ4n) is 3.71. The smallest absolute Gasteiger partial charge is 0.0626 e. The molecule has 4 rings (SSSR count). The Morgan fingerprint density at radius 1 is 1.00 bits per heavy atom. The monoisotopic (exact) mass is 298 g/mol. The third-order valence-corrected chi connectivity index (χ3v) is 5.04. The van der Waals surface area contributed by atoms with E-state index in [0.29, 0.717) is 6.04 Å². The van der Waals surface area contributed by atoms with Crippen LogP contribution in [0.25, 0.3) is 0 Å². The van der Waals surface area contributed by atoms with Crippen molar-refractivity contribution < 1.29 is 0 Å². The van der Waals surface area contributed by atoms with Crippen molar-refractivity contribution in [3.63, 3.8) is 0 Å². The predicted molar refractivity (Wildman–Crippen MR) is 88.3 cm³/mol. The summed E-state index contributed by atoms with van der Waals surface area (Å²) in [5.74, 6) is 0. The largest absolute Gasteiger partial charge is 0.373 e. The van der Waals surface area contributed by atoms with Gasteiger partial charge in [0.25, 0.3) is 0 Å². The second-order valence-corrected chi connectivity index (χ2v) is 6.45. The van der Waals surface area contributed by atoms with Crippen LogP contribution in [0.4, 0.5) is 5.69 Å². The molecule has 21 heavy (non-hydrogen) atoms. The zero-order valence-electron chi connectivity index (χ0n) is 12.2. The Balaban J connectivity index is 1.94. The molecule has 0 unspecified atom stereocenters. The van der Waals surface area contributed by atoms with Crippen LogP contribution in [0.1, 0.15) is 22.7 Å². The van der Waals surface area contributed by atoms with E-state index >= 15 is 0 Å². The van der Waals surface area contributed by atoms with Crippen LogP contribution in [0.3, 0.4) is 0 Å². The van der Waals surface area contributed by atoms with Gasteiger partial charge >= 0.3 is 0 Å². The SMILES string of the molecule is CN1CCN2CCc3ccccc3[C@H]2c2cc(Cl)ccc21. The van der Waals surface area contributed by atoms with Crippen LogP contribution in [-0.2, 0) is 6.42 Å². The molecule has 0 saturated heterocycles. The van der Waals surface area contributed by atoms with E-state index in [4.69, 9.17) is 11.6 Å². The average molecular weight is 299 g/mol. The van der Waals surface area contributed by atoms with Gasteiger partial charge in [-0.15, -0.1) is 0 Å². The van der Waals surface area contributed by atoms with Crippen LogP contribution < -0.4 is 4.90 Å². The molecule has 2 aromatic carbocycles. The molecule has 0 amide bonds. The van der Waals surface area contributed by atoms with E-state index in [1.807, 2.05) is 6.07 Å². The fraction of sp³-hybridized carbons (Fsp3) is 0.333. The van der Waals surface area contributed by atoms with Crippen molar-refractivity contribution in [1.82, 2.24) is 4.90 Å². The zero-order chi connectivity index (χ0) is 14.4. The first-order valence-electron chi connectivity index (χ1n) is 7.56. The Bertz CT molecular complexity index is 683. The van der Waals surface area contributed by atoms with Gasteiger partial charge in [-0.25, -0.2) is 0 Å². The summed E-state index contributed by atoms with van der Waals surface area (Å²) >= 11 is 6.30. The molecule has 0 spiro atoms. The van der Waals surface area contributed by atoms with Gasteiger partial charge in [0.1, 0.15) is 0 Å². The number of likely N-dealkylation sites (N-methyl/N-ethyl adjacent to an activating group) is 1. The Morgan fingerprint density at radius 2 is 1.86 bits per heavy atom. The molecule has 0 saturated carbocycles. The van der Waals surface area contributed by atoms with Crippen LogP contribution in [0.15, 0.2) is 42.5 Å². The van der Waals surface area contributed by atoms with E-state index in [1.54, 1.807) is 0 Å². The van der Waals surface area contributed by atoms with Crippen molar-refractivity contribution in [2.75, 3.05) is 31.6 Å². The Hall–Kier alpha value is -1.51. The molecule has 0 N–H and O–H groups in total. The number of nitrogens with zero attached hydrogens (tertiary/aromatic N) is 2. The van der Waals surface area contributed by atoms with Crippen LogP contribution >= 0.6 is 11.6 Å². The van der Waals surface area contributed by atoms with Gasteiger partial charge in [0.05, 0.1) is 6.04 Å². The summed E-state index contributed by atoms with van der Waals surface area (Å²) < 4.78 is 0. The van der Waals surface area contributed by atoms with Crippen LogP contribution in [-0.4, -0.2) is 31.6 Å². The molecule has 2 heterocycles. The highest BCUT2D eigenvalue weighted by molar-refractivity contribution is 6.30. The van der Waals surface area contributed by atoms with Crippen molar-refractivity contribution in [2.24, 2.45) is 0 Å². The minimum atomic E-state index is 0.341. The van der Waals surface area contributed by atoms with Gasteiger partial charge in [0.2, 0.25) is 0 Å². The molecule has 0 bridgehead atoms. The van der Waals surface area contributed by atoms with Gasteiger partial charge < -0.3 is 4.90 Å². The molecule has 1 atom stereocenters. The average Bonchev–Trinajstić information content (AvgIpc) is 2.64. The first-order chi connectivity index (χ1) is 10.2. The summed E-state index contributed by atoms with van der Waals surface area (Å²) in [5.41, 5.74) is 5.58. The summed E-state index contributed by atoms with van der Waals surface area (Å²) in [6.45, 7) is 3.29. The lowest BCUT2D eigenvalue weighted by atomic mass is 9.88. The summed E-state index contributed by atoms with van der Waals surface area (Å²) in [7, 11) is 2.18. The maximum Gasteiger partial charge on any atom is 0.0626 e. The standard InChI is InChI=1S/C18H19ClN2/c1-20-10-11-21-9-8-13-4-2-3-5-15(13)18(21)16-12-14(19)6-7-17(16)20/h2-7,12,18H,8-11H2,1H3/t18-/m0/s1. The zero-order valence-corrected chi connectivity index (χ0v) is 13.0. The fourth-order valence-corrected chi connectivity index (χ4v) is 3.90. The topological polar surface area (TPSA) is 6.48 Å². The van der Waals surface area contributed by atoms with Gasteiger partial charge in [-0.1, -0.05) is 35.9 Å². The third kappa shape index (κ3) is 2.14. The first kappa shape index (κ1) is 13.2. The number of halogens is 1. The molecule has 0 aliphatic carbocycles. The lowest BCUT2D eigenvalue weighted by Crippen LogP contribution is -2.37. The minimum absolute atomic E-state index is 0.341. The van der Waals surface area contributed by atoms with Crippen LogP contribution in [0.5, 0.6) is 0 Å². The molecular formula is C18H19ClN2. The quantitative estimate of drug-likeness (QED) is 0.731. The summed E-state index contributed by atoms with van der Waals surface area (Å²) in [4.78, 5) is 4.95. The van der Waals surface area contributed by atoms with Gasteiger partial charge in [-0.3, -0.25) is 4.90 Å². The lowest BCUT2D eigenvalue weighted by Gasteiger charge is -2.36. The number of hydrogen-bond acceptors (Lipinski definition) is 2. The number of hydrogen-bond donors (Lipinski definition) is 0. The van der Waals surface area contributed by atoms with E-state index in [9.17, 15) is 0 Å². The second kappa shape index (κ2) is 5.04. The Morgan fingerprint density at radius 3 is 2.76 bits per heavy atom. The maximum atomic E-state index is 6.30. The van der Waals surface area contributed by atoms with E-state index in [-0.39, 0.29) is 0 Å². The van der Waals surface area contributed by atoms with Crippen molar-refractivity contribution >= 4 is 17.3 Å². The maximum absolute atomic E-state index is 6.30. The molecule has 2 aliphatic rings. The lowest BCUT2D eigenvalue weighted by molar-refractivity contribution is 0.224. The molecule has 0 radical (unpaired) electrons. The highest BCUT2D eigenvalue weighted by Crippen LogP contribution is 2.41. The minimum Gasteiger partial charge on any atom is -0.373 e. The van der Waals surface area contributed by atoms with E-state index < -0.39 is 0 Å². The summed E-state index contributed by atoms with van der Waals surface area (Å²) in [5, 5.41) is 0.826. The van der Waals surface area contributed by atoms with Crippen molar-refractivity contribution in [2.45, 2.75) is 12.5 Å². The third-order valence-electron chi connectivity index (χ3n) is 4.80. The molecule has 2 aromatic rings. The molecule has 2 nitrogen and oxygen atoms in total.